The van der Waals surface area contributed by atoms with E-state index >= 15 is 0 Å². The van der Waals surface area contributed by atoms with Crippen molar-refractivity contribution in [1.29, 1.82) is 0 Å². The topological polar surface area (TPSA) is 65.5 Å². The molecule has 6 nitrogen and oxygen atoms in total. The van der Waals surface area contributed by atoms with Crippen molar-refractivity contribution in [3.8, 4) is 0 Å². The maximum atomic E-state index is 12.9. The molecule has 0 amide bonds. The fourth-order valence-corrected chi connectivity index (χ4v) is 5.19. The Kier molecular flexibility index (Phi) is 6.65. The molecule has 2 aromatic carbocycles. The molecule has 7 heteroatoms. The smallest absolute Gasteiger partial charge is 0.244 e. The van der Waals surface area contributed by atoms with Crippen molar-refractivity contribution in [3.05, 3.63) is 90.1 Å². The molecule has 1 N–H and O–H groups in total. The predicted molar refractivity (Wildman–Crippen MR) is 124 cm³/mol. The summed E-state index contributed by atoms with van der Waals surface area (Å²) in [6.45, 7) is 3.16. The van der Waals surface area contributed by atoms with Gasteiger partial charge in [0.1, 0.15) is 10.7 Å². The van der Waals surface area contributed by atoms with Crippen LogP contribution in [0.3, 0.4) is 0 Å². The summed E-state index contributed by atoms with van der Waals surface area (Å²) >= 11 is 0. The summed E-state index contributed by atoms with van der Waals surface area (Å²) in [5, 5.41) is 3.38. The minimum absolute atomic E-state index is 0.165. The molecule has 0 atom stereocenters. The lowest BCUT2D eigenvalue weighted by Gasteiger charge is -2.31. The van der Waals surface area contributed by atoms with E-state index in [1.165, 1.54) is 21.6 Å². The fourth-order valence-electron chi connectivity index (χ4n) is 3.82. The number of sulfonamides is 1. The van der Waals surface area contributed by atoms with E-state index in [-0.39, 0.29) is 10.8 Å². The van der Waals surface area contributed by atoms with E-state index in [0.717, 1.165) is 13.1 Å². The van der Waals surface area contributed by atoms with Crippen molar-refractivity contribution in [2.24, 2.45) is 0 Å². The number of rotatable bonds is 7. The highest BCUT2D eigenvalue weighted by Gasteiger charge is 2.27. The Balaban J connectivity index is 1.47. The predicted octanol–water partition coefficient (Wildman–Crippen LogP) is 3.26. The molecule has 0 unspecified atom stereocenters. The van der Waals surface area contributed by atoms with Crippen molar-refractivity contribution in [2.75, 3.05) is 45.1 Å². The molecule has 4 rings (SSSR count). The van der Waals surface area contributed by atoms with Crippen molar-refractivity contribution in [2.45, 2.75) is 10.8 Å². The van der Waals surface area contributed by atoms with Crippen LogP contribution in [0.2, 0.25) is 0 Å². The SMILES string of the molecule is CN1CCN(S(=O)(=O)c2ccc(NCC(c3ccccc3)c3ccccc3)nc2)CC1. The molecule has 0 aliphatic carbocycles. The van der Waals surface area contributed by atoms with E-state index in [1.807, 2.05) is 43.4 Å². The van der Waals surface area contributed by atoms with Crippen LogP contribution >= 0.6 is 0 Å². The molecule has 1 aliphatic heterocycles. The van der Waals surface area contributed by atoms with Crippen molar-refractivity contribution < 1.29 is 8.42 Å². The van der Waals surface area contributed by atoms with Gasteiger partial charge >= 0.3 is 0 Å². The van der Waals surface area contributed by atoms with Gasteiger partial charge in [-0.3, -0.25) is 0 Å². The first-order valence-electron chi connectivity index (χ1n) is 10.5. The third-order valence-electron chi connectivity index (χ3n) is 5.73. The van der Waals surface area contributed by atoms with Crippen LogP contribution in [0.1, 0.15) is 17.0 Å². The molecule has 0 spiro atoms. The largest absolute Gasteiger partial charge is 0.369 e. The van der Waals surface area contributed by atoms with Crippen LogP contribution in [-0.4, -0.2) is 62.4 Å². The molecule has 3 aromatic rings. The minimum Gasteiger partial charge on any atom is -0.369 e. The third kappa shape index (κ3) is 5.12. The van der Waals surface area contributed by atoms with Crippen molar-refractivity contribution in [1.82, 2.24) is 14.2 Å². The Bertz CT molecular complexity index is 1030. The molecule has 1 aromatic heterocycles. The molecule has 0 radical (unpaired) electrons. The average molecular weight is 437 g/mol. The van der Waals surface area contributed by atoms with Crippen LogP contribution in [0.5, 0.6) is 0 Å². The van der Waals surface area contributed by atoms with Gasteiger partial charge in [0.25, 0.3) is 0 Å². The molecule has 0 saturated carbocycles. The lowest BCUT2D eigenvalue weighted by Crippen LogP contribution is -2.47. The van der Waals surface area contributed by atoms with Crippen LogP contribution in [0.15, 0.2) is 83.9 Å². The summed E-state index contributed by atoms with van der Waals surface area (Å²) in [4.78, 5) is 6.76. The molecule has 1 aliphatic rings. The summed E-state index contributed by atoms with van der Waals surface area (Å²) in [5.41, 5.74) is 2.44. The Labute approximate surface area is 184 Å². The van der Waals surface area contributed by atoms with Crippen LogP contribution in [0.4, 0.5) is 5.82 Å². The number of anilines is 1. The molecule has 31 heavy (non-hydrogen) atoms. The molecular formula is C24H28N4O2S. The molecular weight excluding hydrogens is 408 g/mol. The summed E-state index contributed by atoms with van der Waals surface area (Å²) < 4.78 is 27.3. The molecule has 1 saturated heterocycles. The summed E-state index contributed by atoms with van der Waals surface area (Å²) in [5.74, 6) is 0.826. The highest BCUT2D eigenvalue weighted by molar-refractivity contribution is 7.89. The van der Waals surface area contributed by atoms with Crippen LogP contribution in [-0.2, 0) is 10.0 Å². The summed E-state index contributed by atoms with van der Waals surface area (Å²) in [6, 6.07) is 24.1. The minimum atomic E-state index is -3.50. The molecule has 1 fully saturated rings. The number of hydrogen-bond acceptors (Lipinski definition) is 5. The zero-order valence-corrected chi connectivity index (χ0v) is 18.5. The van der Waals surface area contributed by atoms with Gasteiger partial charge in [-0.2, -0.15) is 4.31 Å². The van der Waals surface area contributed by atoms with Crippen LogP contribution in [0.25, 0.3) is 0 Å². The first-order chi connectivity index (χ1) is 15.0. The first kappa shape index (κ1) is 21.5. The molecule has 2 heterocycles. The lowest BCUT2D eigenvalue weighted by molar-refractivity contribution is 0.222. The molecule has 162 valence electrons. The van der Waals surface area contributed by atoms with Gasteiger partial charge in [0, 0.05) is 44.8 Å². The number of hydrogen-bond donors (Lipinski definition) is 1. The number of nitrogens with zero attached hydrogens (tertiary/aromatic N) is 3. The zero-order chi connectivity index (χ0) is 21.7. The van der Waals surface area contributed by atoms with Crippen molar-refractivity contribution >= 4 is 15.8 Å². The highest BCUT2D eigenvalue weighted by Crippen LogP contribution is 2.25. The Morgan fingerprint density at radius 2 is 1.45 bits per heavy atom. The second-order valence-corrected chi connectivity index (χ2v) is 9.78. The van der Waals surface area contributed by atoms with E-state index in [4.69, 9.17) is 0 Å². The maximum Gasteiger partial charge on any atom is 0.244 e. The van der Waals surface area contributed by atoms with E-state index in [9.17, 15) is 8.42 Å². The van der Waals surface area contributed by atoms with E-state index in [1.54, 1.807) is 12.1 Å². The van der Waals surface area contributed by atoms with Gasteiger partial charge in [-0.1, -0.05) is 60.7 Å². The highest BCUT2D eigenvalue weighted by atomic mass is 32.2. The lowest BCUT2D eigenvalue weighted by atomic mass is 9.91. The third-order valence-corrected chi connectivity index (χ3v) is 7.61. The quantitative estimate of drug-likeness (QED) is 0.616. The second kappa shape index (κ2) is 9.60. The number of aromatic nitrogens is 1. The maximum absolute atomic E-state index is 12.9. The van der Waals surface area contributed by atoms with Crippen LogP contribution in [0, 0.1) is 0 Å². The van der Waals surface area contributed by atoms with Gasteiger partial charge in [0.15, 0.2) is 0 Å². The summed E-state index contributed by atoms with van der Waals surface area (Å²) in [6.07, 6.45) is 1.45. The Hall–Kier alpha value is -2.74. The number of nitrogens with one attached hydrogen (secondary N) is 1. The summed E-state index contributed by atoms with van der Waals surface area (Å²) in [7, 11) is -1.50. The van der Waals surface area contributed by atoms with E-state index < -0.39 is 10.0 Å². The van der Waals surface area contributed by atoms with Gasteiger partial charge in [-0.15, -0.1) is 0 Å². The Morgan fingerprint density at radius 1 is 0.871 bits per heavy atom. The zero-order valence-electron chi connectivity index (χ0n) is 17.7. The van der Waals surface area contributed by atoms with Gasteiger partial charge in [-0.05, 0) is 30.3 Å². The first-order valence-corrected chi connectivity index (χ1v) is 12.0. The normalized spacial score (nSPS) is 15.8. The number of pyridine rings is 1. The van der Waals surface area contributed by atoms with Gasteiger partial charge in [0.05, 0.1) is 0 Å². The van der Waals surface area contributed by atoms with Gasteiger partial charge in [-0.25, -0.2) is 13.4 Å². The number of likely N-dealkylation sites (N-methyl/N-ethyl adjacent to an activating group) is 1. The number of benzene rings is 2. The average Bonchev–Trinajstić information content (AvgIpc) is 2.81. The monoisotopic (exact) mass is 436 g/mol. The van der Waals surface area contributed by atoms with Gasteiger partial charge < -0.3 is 10.2 Å². The van der Waals surface area contributed by atoms with E-state index in [2.05, 4.69) is 39.5 Å². The number of piperazine rings is 1. The van der Waals surface area contributed by atoms with Gasteiger partial charge in [0.2, 0.25) is 10.0 Å². The van der Waals surface area contributed by atoms with Crippen LogP contribution < -0.4 is 5.32 Å². The standard InChI is InChI=1S/C24H28N4O2S/c1-27-14-16-28(17-15-27)31(29,30)22-12-13-24(25-18-22)26-19-23(20-8-4-2-5-9-20)21-10-6-3-7-11-21/h2-13,18,23H,14-17,19H2,1H3,(H,25,26). The second-order valence-electron chi connectivity index (χ2n) is 7.84. The van der Waals surface area contributed by atoms with E-state index in [0.29, 0.717) is 25.5 Å². The fraction of sp³-hybridized carbons (Fsp3) is 0.292. The van der Waals surface area contributed by atoms with Crippen molar-refractivity contribution in [3.63, 3.8) is 0 Å². The Morgan fingerprint density at radius 3 is 1.97 bits per heavy atom. The molecule has 0 bridgehead atoms.